The fourth-order valence-corrected chi connectivity index (χ4v) is 3.32. The van der Waals surface area contributed by atoms with Gasteiger partial charge in [-0.05, 0) is 37.1 Å². The predicted molar refractivity (Wildman–Crippen MR) is 99.5 cm³/mol. The van der Waals surface area contributed by atoms with E-state index in [9.17, 15) is 19.3 Å². The van der Waals surface area contributed by atoms with Crippen molar-refractivity contribution in [3.63, 3.8) is 0 Å². The van der Waals surface area contributed by atoms with E-state index in [-0.39, 0.29) is 23.9 Å². The first-order valence-electron chi connectivity index (χ1n) is 8.72. The number of aromatic nitrogens is 1. The van der Waals surface area contributed by atoms with E-state index < -0.39 is 10.7 Å². The van der Waals surface area contributed by atoms with Gasteiger partial charge in [0.1, 0.15) is 11.6 Å². The number of amides is 1. The van der Waals surface area contributed by atoms with E-state index >= 15 is 0 Å². The molecule has 0 atom stereocenters. The number of rotatable bonds is 4. The number of nitro groups is 1. The number of hydrogen-bond donors (Lipinski definition) is 0. The minimum absolute atomic E-state index is 0.00716. The van der Waals surface area contributed by atoms with Crippen molar-refractivity contribution in [3.8, 4) is 11.5 Å². The summed E-state index contributed by atoms with van der Waals surface area (Å²) in [7, 11) is 0. The monoisotopic (exact) mass is 381 g/mol. The Balaban J connectivity index is 1.58. The maximum atomic E-state index is 13.4. The van der Waals surface area contributed by atoms with Crippen LogP contribution in [0.25, 0.3) is 11.5 Å². The maximum Gasteiger partial charge on any atom is 0.271 e. The number of halogens is 1. The summed E-state index contributed by atoms with van der Waals surface area (Å²) in [6.07, 6.45) is 0.637. The van der Waals surface area contributed by atoms with Crippen molar-refractivity contribution in [3.05, 3.63) is 75.4 Å². The largest absolute Gasteiger partial charge is 0.441 e. The molecular formula is C20H16FN3O4. The average molecular weight is 381 g/mol. The number of anilines is 1. The molecule has 1 aliphatic rings. The minimum Gasteiger partial charge on any atom is -0.441 e. The third-order valence-electron chi connectivity index (χ3n) is 4.76. The van der Waals surface area contributed by atoms with E-state index in [0.29, 0.717) is 35.7 Å². The normalized spacial score (nSPS) is 12.9. The van der Waals surface area contributed by atoms with E-state index in [1.165, 1.54) is 29.2 Å². The van der Waals surface area contributed by atoms with Crippen molar-refractivity contribution in [1.82, 2.24) is 4.98 Å². The van der Waals surface area contributed by atoms with Gasteiger partial charge in [0.05, 0.1) is 22.7 Å². The lowest BCUT2D eigenvalue weighted by Crippen LogP contribution is -2.30. The molecule has 2 heterocycles. The fourth-order valence-electron chi connectivity index (χ4n) is 3.32. The van der Waals surface area contributed by atoms with E-state index in [0.717, 1.165) is 5.56 Å². The van der Waals surface area contributed by atoms with Crippen LogP contribution in [0.15, 0.2) is 46.9 Å². The van der Waals surface area contributed by atoms with Gasteiger partial charge in [-0.25, -0.2) is 9.37 Å². The number of nitro benzene ring substituents is 1. The number of aryl methyl sites for hydroxylation is 1. The van der Waals surface area contributed by atoms with Crippen LogP contribution in [0.3, 0.4) is 0 Å². The quantitative estimate of drug-likeness (QED) is 0.506. The van der Waals surface area contributed by atoms with Gasteiger partial charge in [-0.2, -0.15) is 0 Å². The molecule has 28 heavy (non-hydrogen) atoms. The first-order chi connectivity index (χ1) is 13.4. The summed E-state index contributed by atoms with van der Waals surface area (Å²) in [5.41, 5.74) is 2.36. The third kappa shape index (κ3) is 3.24. The number of fused-ring (bicyclic) bond motifs is 1. The van der Waals surface area contributed by atoms with E-state index in [1.807, 2.05) is 0 Å². The Hall–Kier alpha value is -3.55. The standard InChI is InChI=1S/C20H16FN3O4/c1-12-17(22-20(28-12)14-3-2-4-15(21)9-14)11-19(25)23-8-7-13-5-6-16(24(26)27)10-18(13)23/h2-6,9-10H,7-8,11H2,1H3. The number of oxazole rings is 1. The van der Waals surface area contributed by atoms with Gasteiger partial charge in [-0.15, -0.1) is 0 Å². The van der Waals surface area contributed by atoms with Gasteiger partial charge >= 0.3 is 0 Å². The molecule has 4 rings (SSSR count). The highest BCUT2D eigenvalue weighted by molar-refractivity contribution is 5.97. The van der Waals surface area contributed by atoms with Crippen LogP contribution in [-0.4, -0.2) is 22.4 Å². The van der Waals surface area contributed by atoms with Crippen molar-refractivity contribution in [2.24, 2.45) is 0 Å². The van der Waals surface area contributed by atoms with Crippen molar-refractivity contribution in [2.45, 2.75) is 19.8 Å². The van der Waals surface area contributed by atoms with Crippen LogP contribution < -0.4 is 4.90 Å². The zero-order valence-corrected chi connectivity index (χ0v) is 15.0. The average Bonchev–Trinajstić information content (AvgIpc) is 3.25. The molecule has 7 nitrogen and oxygen atoms in total. The molecule has 0 unspecified atom stereocenters. The second-order valence-corrected chi connectivity index (χ2v) is 6.57. The zero-order valence-electron chi connectivity index (χ0n) is 15.0. The fraction of sp³-hybridized carbons (Fsp3) is 0.200. The molecule has 8 heteroatoms. The van der Waals surface area contributed by atoms with Crippen LogP contribution in [0, 0.1) is 22.9 Å². The number of benzene rings is 2. The summed E-state index contributed by atoms with van der Waals surface area (Å²) in [6.45, 7) is 2.16. The molecule has 142 valence electrons. The Morgan fingerprint density at radius 3 is 2.89 bits per heavy atom. The number of carbonyl (C=O) groups is 1. The summed E-state index contributed by atoms with van der Waals surface area (Å²) in [4.78, 5) is 29.3. The van der Waals surface area contributed by atoms with Crippen molar-refractivity contribution >= 4 is 17.3 Å². The van der Waals surface area contributed by atoms with Gasteiger partial charge in [0, 0.05) is 24.2 Å². The van der Waals surface area contributed by atoms with E-state index in [4.69, 9.17) is 4.42 Å². The van der Waals surface area contributed by atoms with E-state index in [1.54, 1.807) is 25.1 Å². The van der Waals surface area contributed by atoms with E-state index in [2.05, 4.69) is 4.98 Å². The minimum atomic E-state index is -0.478. The Kier molecular flexibility index (Phi) is 4.38. The Morgan fingerprint density at radius 1 is 1.32 bits per heavy atom. The summed E-state index contributed by atoms with van der Waals surface area (Å²) in [6, 6.07) is 10.4. The lowest BCUT2D eigenvalue weighted by molar-refractivity contribution is -0.384. The SMILES string of the molecule is Cc1oc(-c2cccc(F)c2)nc1CC(=O)N1CCc2ccc([N+](=O)[O-])cc21. The molecule has 1 aliphatic heterocycles. The Labute approximate surface area is 159 Å². The third-order valence-corrected chi connectivity index (χ3v) is 4.76. The van der Waals surface area contributed by atoms with Crippen LogP contribution in [0.1, 0.15) is 17.0 Å². The van der Waals surface area contributed by atoms with Gasteiger partial charge in [-0.1, -0.05) is 12.1 Å². The van der Waals surface area contributed by atoms with Crippen LogP contribution in [0.4, 0.5) is 15.8 Å². The van der Waals surface area contributed by atoms with Crippen LogP contribution >= 0.6 is 0 Å². The molecular weight excluding hydrogens is 365 g/mol. The molecule has 1 aromatic heterocycles. The second-order valence-electron chi connectivity index (χ2n) is 6.57. The lowest BCUT2D eigenvalue weighted by Gasteiger charge is -2.16. The highest BCUT2D eigenvalue weighted by atomic mass is 19.1. The molecule has 0 spiro atoms. The number of carbonyl (C=O) groups excluding carboxylic acids is 1. The molecule has 0 saturated carbocycles. The van der Waals surface area contributed by atoms with Gasteiger partial charge in [0.15, 0.2) is 0 Å². The molecule has 0 saturated heterocycles. The highest BCUT2D eigenvalue weighted by Crippen LogP contribution is 2.32. The van der Waals surface area contributed by atoms with Crippen molar-refractivity contribution in [1.29, 1.82) is 0 Å². The molecule has 0 N–H and O–H groups in total. The summed E-state index contributed by atoms with van der Waals surface area (Å²) in [5.74, 6) is 0.103. The molecule has 0 bridgehead atoms. The van der Waals surface area contributed by atoms with Crippen LogP contribution in [-0.2, 0) is 17.6 Å². The number of non-ortho nitro benzene ring substituents is 1. The summed E-state index contributed by atoms with van der Waals surface area (Å²) < 4.78 is 19.0. The smallest absolute Gasteiger partial charge is 0.271 e. The molecule has 0 aliphatic carbocycles. The topological polar surface area (TPSA) is 89.5 Å². The van der Waals surface area contributed by atoms with Gasteiger partial charge in [-0.3, -0.25) is 14.9 Å². The Bertz CT molecular complexity index is 1090. The summed E-state index contributed by atoms with van der Waals surface area (Å²) in [5, 5.41) is 11.0. The maximum absolute atomic E-state index is 13.4. The zero-order chi connectivity index (χ0) is 19.8. The van der Waals surface area contributed by atoms with Gasteiger partial charge in [0.25, 0.3) is 5.69 Å². The number of hydrogen-bond acceptors (Lipinski definition) is 5. The number of nitrogens with zero attached hydrogens (tertiary/aromatic N) is 3. The predicted octanol–water partition coefficient (Wildman–Crippen LogP) is 3.83. The molecule has 0 radical (unpaired) electrons. The lowest BCUT2D eigenvalue weighted by atomic mass is 10.1. The van der Waals surface area contributed by atoms with Crippen molar-refractivity contribution < 1.29 is 18.5 Å². The Morgan fingerprint density at radius 2 is 2.14 bits per heavy atom. The first-order valence-corrected chi connectivity index (χ1v) is 8.72. The highest BCUT2D eigenvalue weighted by Gasteiger charge is 2.28. The van der Waals surface area contributed by atoms with Gasteiger partial charge < -0.3 is 9.32 Å². The van der Waals surface area contributed by atoms with Crippen LogP contribution in [0.5, 0.6) is 0 Å². The van der Waals surface area contributed by atoms with Crippen molar-refractivity contribution in [2.75, 3.05) is 11.4 Å². The summed E-state index contributed by atoms with van der Waals surface area (Å²) >= 11 is 0. The molecule has 3 aromatic rings. The van der Waals surface area contributed by atoms with Gasteiger partial charge in [0.2, 0.25) is 11.8 Å². The molecule has 0 fully saturated rings. The second kappa shape index (κ2) is 6.88. The van der Waals surface area contributed by atoms with Crippen LogP contribution in [0.2, 0.25) is 0 Å². The molecule has 2 aromatic carbocycles. The first kappa shape index (κ1) is 17.8. The molecule has 1 amide bonds.